The Kier molecular flexibility index (Phi) is 6.64. The molecular weight excluding hydrogens is 377 g/mol. The predicted molar refractivity (Wildman–Crippen MR) is 86.0 cm³/mol. The average molecular weight is 393 g/mol. The second-order valence-electron chi connectivity index (χ2n) is 3.94. The smallest absolute Gasteiger partial charge is 0.337 e. The number of benzene rings is 1. The molecule has 0 heterocycles. The van der Waals surface area contributed by atoms with Gasteiger partial charge in [-0.15, -0.1) is 0 Å². The molecule has 6 heteroatoms. The topological polar surface area (TPSA) is 66.4 Å². The molecule has 0 radical (unpaired) electrons. The fraction of sp³-hybridized carbons (Fsp3) is 0.385. The first kappa shape index (κ1) is 16.3. The summed E-state index contributed by atoms with van der Waals surface area (Å²) in [6, 6.07) is 4.91. The number of rotatable bonds is 6. The number of hydrogen-bond acceptors (Lipinski definition) is 3. The van der Waals surface area contributed by atoms with Crippen LogP contribution in [-0.2, 0) is 0 Å². The lowest BCUT2D eigenvalue weighted by Crippen LogP contribution is -2.31. The van der Waals surface area contributed by atoms with Gasteiger partial charge in [0.15, 0.2) is 0 Å². The Morgan fingerprint density at radius 1 is 1.47 bits per heavy atom. The van der Waals surface area contributed by atoms with Crippen molar-refractivity contribution in [1.82, 2.24) is 5.32 Å². The van der Waals surface area contributed by atoms with E-state index in [2.05, 4.69) is 12.2 Å². The molecule has 0 aliphatic heterocycles. The number of nitrogens with one attached hydrogen (secondary N) is 1. The van der Waals surface area contributed by atoms with E-state index in [9.17, 15) is 9.59 Å². The van der Waals surface area contributed by atoms with Crippen molar-refractivity contribution in [3.63, 3.8) is 0 Å². The Morgan fingerprint density at radius 3 is 2.74 bits per heavy atom. The molecule has 0 bridgehead atoms. The third kappa shape index (κ3) is 4.68. The number of carboxylic acid groups (broad SMARTS) is 1. The van der Waals surface area contributed by atoms with E-state index in [1.807, 2.05) is 29.5 Å². The van der Waals surface area contributed by atoms with Gasteiger partial charge in [-0.05, 0) is 40.5 Å². The molecule has 1 aromatic carbocycles. The molecule has 0 spiro atoms. The second-order valence-corrected chi connectivity index (χ2v) is 6.82. The third-order valence-electron chi connectivity index (χ3n) is 2.47. The standard InChI is InChI=1S/C13H16INO3S/c1-3-19-8(2)7-15-12(16)9-5-4-6-10(14)11(9)13(17)18/h4-6,8H,3,7H2,1-2H3,(H,15,16)(H,17,18). The molecule has 2 N–H and O–H groups in total. The summed E-state index contributed by atoms with van der Waals surface area (Å²) in [7, 11) is 0. The number of carboxylic acids is 1. The molecule has 104 valence electrons. The number of halogens is 1. The first-order valence-corrected chi connectivity index (χ1v) is 8.01. The molecule has 0 saturated heterocycles. The van der Waals surface area contributed by atoms with Gasteiger partial charge in [0, 0.05) is 15.4 Å². The molecule has 0 aromatic heterocycles. The Bertz CT molecular complexity index is 479. The van der Waals surface area contributed by atoms with Gasteiger partial charge in [0.1, 0.15) is 0 Å². The molecule has 4 nitrogen and oxygen atoms in total. The van der Waals surface area contributed by atoms with Crippen LogP contribution in [0.3, 0.4) is 0 Å². The fourth-order valence-corrected chi connectivity index (χ4v) is 3.10. The van der Waals surface area contributed by atoms with Crippen LogP contribution in [0, 0.1) is 3.57 Å². The van der Waals surface area contributed by atoms with Gasteiger partial charge in [-0.3, -0.25) is 4.79 Å². The van der Waals surface area contributed by atoms with Crippen LogP contribution in [0.4, 0.5) is 0 Å². The number of carbonyl (C=O) groups excluding carboxylic acids is 1. The number of carbonyl (C=O) groups is 2. The van der Waals surface area contributed by atoms with E-state index in [0.29, 0.717) is 15.4 Å². The Labute approximate surface area is 130 Å². The summed E-state index contributed by atoms with van der Waals surface area (Å²) in [6.07, 6.45) is 0. The van der Waals surface area contributed by atoms with Gasteiger partial charge in [0.05, 0.1) is 11.1 Å². The van der Waals surface area contributed by atoms with Crippen molar-refractivity contribution in [3.05, 3.63) is 32.9 Å². The molecule has 1 atom stereocenters. The highest BCUT2D eigenvalue weighted by Gasteiger charge is 2.19. The van der Waals surface area contributed by atoms with Gasteiger partial charge >= 0.3 is 5.97 Å². The average Bonchev–Trinajstić information content (AvgIpc) is 2.35. The van der Waals surface area contributed by atoms with Crippen molar-refractivity contribution in [2.45, 2.75) is 19.1 Å². The summed E-state index contributed by atoms with van der Waals surface area (Å²) in [5.41, 5.74) is 0.282. The lowest BCUT2D eigenvalue weighted by Gasteiger charge is -2.12. The maximum Gasteiger partial charge on any atom is 0.337 e. The van der Waals surface area contributed by atoms with Crippen LogP contribution in [0.2, 0.25) is 0 Å². The van der Waals surface area contributed by atoms with Gasteiger partial charge < -0.3 is 10.4 Å². The highest BCUT2D eigenvalue weighted by atomic mass is 127. The van der Waals surface area contributed by atoms with Crippen LogP contribution in [-0.4, -0.2) is 34.5 Å². The maximum atomic E-state index is 12.0. The number of amides is 1. The monoisotopic (exact) mass is 393 g/mol. The fourth-order valence-electron chi connectivity index (χ4n) is 1.61. The lowest BCUT2D eigenvalue weighted by molar-refractivity contribution is 0.0690. The number of hydrogen-bond donors (Lipinski definition) is 2. The van der Waals surface area contributed by atoms with Crippen molar-refractivity contribution >= 4 is 46.2 Å². The highest BCUT2D eigenvalue weighted by Crippen LogP contribution is 2.17. The van der Waals surface area contributed by atoms with Gasteiger partial charge in [0.25, 0.3) is 5.91 Å². The summed E-state index contributed by atoms with van der Waals surface area (Å²) in [6.45, 7) is 4.62. The second kappa shape index (κ2) is 7.74. The van der Waals surface area contributed by atoms with E-state index in [4.69, 9.17) is 5.11 Å². The lowest BCUT2D eigenvalue weighted by atomic mass is 10.1. The van der Waals surface area contributed by atoms with Crippen LogP contribution in [0.25, 0.3) is 0 Å². The minimum atomic E-state index is -1.08. The van der Waals surface area contributed by atoms with Crippen molar-refractivity contribution < 1.29 is 14.7 Å². The first-order valence-electron chi connectivity index (χ1n) is 5.89. The quantitative estimate of drug-likeness (QED) is 0.730. The van der Waals surface area contributed by atoms with Crippen LogP contribution >= 0.6 is 34.4 Å². The van der Waals surface area contributed by atoms with E-state index >= 15 is 0 Å². The Morgan fingerprint density at radius 2 is 2.16 bits per heavy atom. The first-order chi connectivity index (χ1) is 8.97. The van der Waals surface area contributed by atoms with Crippen molar-refractivity contribution in [3.8, 4) is 0 Å². The summed E-state index contributed by atoms with van der Waals surface area (Å²) < 4.78 is 0.564. The van der Waals surface area contributed by atoms with Crippen LogP contribution < -0.4 is 5.32 Å². The molecule has 0 aliphatic carbocycles. The normalized spacial score (nSPS) is 11.9. The Hall–Kier alpha value is -0.760. The van der Waals surface area contributed by atoms with E-state index in [-0.39, 0.29) is 17.0 Å². The van der Waals surface area contributed by atoms with Crippen LogP contribution in [0.15, 0.2) is 18.2 Å². The molecule has 1 rings (SSSR count). The van der Waals surface area contributed by atoms with Crippen molar-refractivity contribution in [2.75, 3.05) is 12.3 Å². The van der Waals surface area contributed by atoms with E-state index in [1.54, 1.807) is 30.0 Å². The maximum absolute atomic E-state index is 12.0. The van der Waals surface area contributed by atoms with Gasteiger partial charge in [-0.25, -0.2) is 4.79 Å². The molecule has 0 aliphatic rings. The molecule has 1 amide bonds. The van der Waals surface area contributed by atoms with Crippen molar-refractivity contribution in [2.24, 2.45) is 0 Å². The minimum absolute atomic E-state index is 0.0661. The van der Waals surface area contributed by atoms with E-state index in [1.165, 1.54) is 0 Å². The van der Waals surface area contributed by atoms with E-state index < -0.39 is 5.97 Å². The van der Waals surface area contributed by atoms with Crippen LogP contribution in [0.1, 0.15) is 34.6 Å². The Balaban J connectivity index is 2.83. The van der Waals surface area contributed by atoms with Gasteiger partial charge in [0.2, 0.25) is 0 Å². The molecule has 1 unspecified atom stereocenters. The molecule has 19 heavy (non-hydrogen) atoms. The zero-order valence-electron chi connectivity index (χ0n) is 10.8. The van der Waals surface area contributed by atoms with Gasteiger partial charge in [-0.1, -0.05) is 19.9 Å². The third-order valence-corrected chi connectivity index (χ3v) is 4.44. The van der Waals surface area contributed by atoms with E-state index in [0.717, 1.165) is 5.75 Å². The highest BCUT2D eigenvalue weighted by molar-refractivity contribution is 14.1. The SMILES string of the molecule is CCSC(C)CNC(=O)c1cccc(I)c1C(=O)O. The number of aromatic carboxylic acids is 1. The predicted octanol–water partition coefficient (Wildman–Crippen LogP) is 2.86. The van der Waals surface area contributed by atoms with Crippen molar-refractivity contribution in [1.29, 1.82) is 0 Å². The number of thioether (sulfide) groups is 1. The zero-order chi connectivity index (χ0) is 14.4. The summed E-state index contributed by atoms with van der Waals surface area (Å²) in [5, 5.41) is 12.3. The summed E-state index contributed by atoms with van der Waals surface area (Å²) in [5.74, 6) is -0.425. The molecular formula is C13H16INO3S. The largest absolute Gasteiger partial charge is 0.478 e. The molecule has 0 fully saturated rings. The zero-order valence-corrected chi connectivity index (χ0v) is 13.7. The van der Waals surface area contributed by atoms with Gasteiger partial charge in [-0.2, -0.15) is 11.8 Å². The minimum Gasteiger partial charge on any atom is -0.478 e. The summed E-state index contributed by atoms with van der Waals surface area (Å²) >= 11 is 3.67. The van der Waals surface area contributed by atoms with Crippen LogP contribution in [0.5, 0.6) is 0 Å². The summed E-state index contributed by atoms with van der Waals surface area (Å²) in [4.78, 5) is 23.2. The molecule has 0 saturated carbocycles. The molecule has 1 aromatic rings.